The molecule has 4 bridgehead atoms. The Morgan fingerprint density at radius 1 is 0.963 bits per heavy atom. The van der Waals surface area contributed by atoms with Gasteiger partial charge in [-0.05, 0) is 61.8 Å². The molecular weight excluding hydrogens is 344 g/mol. The highest BCUT2D eigenvalue weighted by atomic mass is 16.5. The zero-order valence-electron chi connectivity index (χ0n) is 15.4. The fraction of sp³-hybridized carbons (Fsp3) is 0.571. The van der Waals surface area contributed by atoms with Crippen LogP contribution in [0.15, 0.2) is 30.3 Å². The predicted octanol–water partition coefficient (Wildman–Crippen LogP) is 2.57. The fourth-order valence-electron chi connectivity index (χ4n) is 5.66. The molecule has 0 radical (unpaired) electrons. The lowest BCUT2D eigenvalue weighted by molar-refractivity contribution is -0.147. The number of ether oxygens (including phenoxy) is 1. The van der Waals surface area contributed by atoms with Gasteiger partial charge in [-0.1, -0.05) is 30.3 Å². The Labute approximate surface area is 159 Å². The van der Waals surface area contributed by atoms with Crippen LogP contribution in [0.1, 0.15) is 44.1 Å². The van der Waals surface area contributed by atoms with Crippen LogP contribution in [-0.4, -0.2) is 30.1 Å². The van der Waals surface area contributed by atoms with E-state index >= 15 is 0 Å². The third-order valence-electron chi connectivity index (χ3n) is 6.23. The molecule has 0 heterocycles. The van der Waals surface area contributed by atoms with Gasteiger partial charge in [0.1, 0.15) is 0 Å². The van der Waals surface area contributed by atoms with Crippen molar-refractivity contribution in [3.8, 4) is 0 Å². The summed E-state index contributed by atoms with van der Waals surface area (Å²) in [6.07, 6.45) is 7.04. The van der Waals surface area contributed by atoms with Gasteiger partial charge in [-0.2, -0.15) is 0 Å². The zero-order valence-corrected chi connectivity index (χ0v) is 15.4. The maximum absolute atomic E-state index is 12.3. The number of rotatable bonds is 5. The lowest BCUT2D eigenvalue weighted by Gasteiger charge is -2.56. The van der Waals surface area contributed by atoms with Crippen molar-refractivity contribution in [3.05, 3.63) is 35.9 Å². The van der Waals surface area contributed by atoms with Crippen molar-refractivity contribution in [2.75, 3.05) is 6.61 Å². The standard InChI is InChI=1S/C21H26N2O4/c24-18(13-27-19(25)9-14-4-2-1-3-5-14)22-20(26)23-21-10-15-6-16(11-21)8-17(7-15)12-21/h1-5,15-17H,6-13H2,(H2,22,23,24,26). The van der Waals surface area contributed by atoms with E-state index in [0.29, 0.717) is 17.8 Å². The molecular formula is C21H26N2O4. The molecule has 6 nitrogen and oxygen atoms in total. The zero-order chi connectivity index (χ0) is 18.9. The van der Waals surface area contributed by atoms with Crippen LogP contribution in [0.3, 0.4) is 0 Å². The number of esters is 1. The minimum absolute atomic E-state index is 0.105. The van der Waals surface area contributed by atoms with Gasteiger partial charge >= 0.3 is 12.0 Å². The van der Waals surface area contributed by atoms with E-state index in [1.807, 2.05) is 30.3 Å². The Hall–Kier alpha value is -2.37. The largest absolute Gasteiger partial charge is 0.455 e. The van der Waals surface area contributed by atoms with Crippen LogP contribution in [0.4, 0.5) is 4.79 Å². The second-order valence-electron chi connectivity index (χ2n) is 8.52. The summed E-state index contributed by atoms with van der Waals surface area (Å²) in [6, 6.07) is 8.71. The van der Waals surface area contributed by atoms with E-state index in [2.05, 4.69) is 10.6 Å². The van der Waals surface area contributed by atoms with Crippen LogP contribution in [-0.2, 0) is 20.7 Å². The van der Waals surface area contributed by atoms with Gasteiger partial charge in [-0.15, -0.1) is 0 Å². The van der Waals surface area contributed by atoms with Gasteiger partial charge in [0, 0.05) is 5.54 Å². The van der Waals surface area contributed by atoms with Crippen molar-refractivity contribution < 1.29 is 19.1 Å². The maximum atomic E-state index is 12.3. The molecule has 6 heteroatoms. The summed E-state index contributed by atoms with van der Waals surface area (Å²) >= 11 is 0. The second kappa shape index (κ2) is 7.33. The van der Waals surface area contributed by atoms with Crippen LogP contribution < -0.4 is 10.6 Å². The molecule has 4 aliphatic rings. The molecule has 2 N–H and O–H groups in total. The van der Waals surface area contributed by atoms with E-state index in [1.54, 1.807) is 0 Å². The number of hydrogen-bond donors (Lipinski definition) is 2. The summed E-state index contributed by atoms with van der Waals surface area (Å²) in [4.78, 5) is 36.0. The summed E-state index contributed by atoms with van der Waals surface area (Å²) in [6.45, 7) is -0.444. The number of urea groups is 1. The van der Waals surface area contributed by atoms with Gasteiger partial charge in [0.15, 0.2) is 6.61 Å². The van der Waals surface area contributed by atoms with Gasteiger partial charge in [-0.3, -0.25) is 14.9 Å². The molecule has 144 valence electrons. The van der Waals surface area contributed by atoms with E-state index in [-0.39, 0.29) is 12.0 Å². The average molecular weight is 370 g/mol. The number of amides is 3. The quantitative estimate of drug-likeness (QED) is 0.780. The van der Waals surface area contributed by atoms with Crippen LogP contribution in [0, 0.1) is 17.8 Å². The SMILES string of the molecule is O=C(COC(=O)Cc1ccccc1)NC(=O)NC12CC3CC(CC(C3)C1)C2. The first-order chi connectivity index (χ1) is 13.0. The minimum atomic E-state index is -0.598. The van der Waals surface area contributed by atoms with E-state index in [1.165, 1.54) is 19.3 Å². The molecule has 0 aliphatic heterocycles. The molecule has 4 aliphatic carbocycles. The van der Waals surface area contributed by atoms with E-state index in [9.17, 15) is 14.4 Å². The summed E-state index contributed by atoms with van der Waals surface area (Å²) in [5, 5.41) is 5.38. The van der Waals surface area contributed by atoms with Crippen molar-refractivity contribution >= 4 is 17.9 Å². The van der Waals surface area contributed by atoms with Crippen molar-refractivity contribution in [1.29, 1.82) is 0 Å². The third-order valence-corrected chi connectivity index (χ3v) is 6.23. The Kier molecular flexibility index (Phi) is 4.89. The molecule has 1 aromatic carbocycles. The fourth-order valence-corrected chi connectivity index (χ4v) is 5.66. The Balaban J connectivity index is 1.22. The molecule has 1 aromatic rings. The van der Waals surface area contributed by atoms with Crippen LogP contribution in [0.5, 0.6) is 0 Å². The van der Waals surface area contributed by atoms with Crippen LogP contribution >= 0.6 is 0 Å². The summed E-state index contributed by atoms with van der Waals surface area (Å²) in [7, 11) is 0. The van der Waals surface area contributed by atoms with Crippen molar-refractivity contribution in [2.24, 2.45) is 17.8 Å². The smallest absolute Gasteiger partial charge is 0.321 e. The van der Waals surface area contributed by atoms with Crippen molar-refractivity contribution in [2.45, 2.75) is 50.5 Å². The highest BCUT2D eigenvalue weighted by molar-refractivity contribution is 5.95. The molecule has 4 saturated carbocycles. The van der Waals surface area contributed by atoms with Gasteiger partial charge in [0.05, 0.1) is 6.42 Å². The maximum Gasteiger partial charge on any atom is 0.321 e. The minimum Gasteiger partial charge on any atom is -0.455 e. The van der Waals surface area contributed by atoms with Gasteiger partial charge in [0.2, 0.25) is 0 Å². The highest BCUT2D eigenvalue weighted by Crippen LogP contribution is 2.55. The van der Waals surface area contributed by atoms with Gasteiger partial charge < -0.3 is 10.1 Å². The normalized spacial score (nSPS) is 30.6. The van der Waals surface area contributed by atoms with E-state index in [4.69, 9.17) is 4.74 Å². The number of hydrogen-bond acceptors (Lipinski definition) is 4. The lowest BCUT2D eigenvalue weighted by atomic mass is 9.53. The van der Waals surface area contributed by atoms with Crippen molar-refractivity contribution in [3.63, 3.8) is 0 Å². The highest BCUT2D eigenvalue weighted by Gasteiger charge is 2.51. The molecule has 4 fully saturated rings. The Bertz CT molecular complexity index is 696. The summed E-state index contributed by atoms with van der Waals surface area (Å²) in [5.74, 6) is 1.06. The first-order valence-electron chi connectivity index (χ1n) is 9.81. The number of carbonyl (C=O) groups is 3. The number of benzene rings is 1. The van der Waals surface area contributed by atoms with Gasteiger partial charge in [-0.25, -0.2) is 4.79 Å². The Morgan fingerprint density at radius 2 is 1.56 bits per heavy atom. The average Bonchev–Trinajstić information content (AvgIpc) is 2.59. The molecule has 0 saturated heterocycles. The predicted molar refractivity (Wildman–Crippen MR) is 98.7 cm³/mol. The van der Waals surface area contributed by atoms with Crippen LogP contribution in [0.2, 0.25) is 0 Å². The summed E-state index contributed by atoms with van der Waals surface area (Å²) in [5.41, 5.74) is 0.672. The number of nitrogens with one attached hydrogen (secondary N) is 2. The van der Waals surface area contributed by atoms with Crippen LogP contribution in [0.25, 0.3) is 0 Å². The number of imide groups is 1. The summed E-state index contributed by atoms with van der Waals surface area (Å²) < 4.78 is 4.97. The second-order valence-corrected chi connectivity index (χ2v) is 8.52. The Morgan fingerprint density at radius 3 is 2.15 bits per heavy atom. The van der Waals surface area contributed by atoms with E-state index < -0.39 is 24.5 Å². The van der Waals surface area contributed by atoms with Crippen molar-refractivity contribution in [1.82, 2.24) is 10.6 Å². The molecule has 5 rings (SSSR count). The first kappa shape index (κ1) is 18.0. The number of carbonyl (C=O) groups excluding carboxylic acids is 3. The third kappa shape index (κ3) is 4.31. The molecule has 3 amide bonds. The molecule has 0 unspecified atom stereocenters. The van der Waals surface area contributed by atoms with E-state index in [0.717, 1.165) is 24.8 Å². The monoisotopic (exact) mass is 370 g/mol. The molecule has 27 heavy (non-hydrogen) atoms. The first-order valence-corrected chi connectivity index (χ1v) is 9.81. The lowest BCUT2D eigenvalue weighted by Crippen LogP contribution is -2.62. The molecule has 0 spiro atoms. The molecule has 0 aromatic heterocycles. The molecule has 0 atom stereocenters. The topological polar surface area (TPSA) is 84.5 Å². The van der Waals surface area contributed by atoms with Gasteiger partial charge in [0.25, 0.3) is 5.91 Å².